The van der Waals surface area contributed by atoms with Gasteiger partial charge in [0.15, 0.2) is 0 Å². The van der Waals surface area contributed by atoms with Crippen LogP contribution in [0.4, 0.5) is 17.1 Å². The van der Waals surface area contributed by atoms with E-state index in [1.165, 1.54) is 12.1 Å². The zero-order valence-electron chi connectivity index (χ0n) is 16.3. The quantitative estimate of drug-likeness (QED) is 0.277. The van der Waals surface area contributed by atoms with Gasteiger partial charge in [-0.2, -0.15) is 5.10 Å². The minimum atomic E-state index is -0.701. The minimum absolute atomic E-state index is 0.0536. The van der Waals surface area contributed by atoms with Crippen LogP contribution in [0.3, 0.4) is 0 Å². The molecule has 9 nitrogen and oxygen atoms in total. The summed E-state index contributed by atoms with van der Waals surface area (Å²) in [5.41, 5.74) is 4.18. The first-order valence-electron chi connectivity index (χ1n) is 9.04. The van der Waals surface area contributed by atoms with Gasteiger partial charge in [-0.05, 0) is 60.5 Å². The summed E-state index contributed by atoms with van der Waals surface area (Å²) in [5.74, 6) is 0.672. The van der Waals surface area contributed by atoms with Gasteiger partial charge in [0.25, 0.3) is 5.69 Å². The third-order valence-corrected chi connectivity index (χ3v) is 4.58. The van der Waals surface area contributed by atoms with Gasteiger partial charge in [-0.1, -0.05) is 23.7 Å². The van der Waals surface area contributed by atoms with E-state index in [2.05, 4.69) is 10.5 Å². The van der Waals surface area contributed by atoms with Crippen LogP contribution in [-0.4, -0.2) is 15.6 Å². The monoisotopic (exact) mass is 440 g/mol. The number of anilines is 1. The normalized spacial score (nSPS) is 11.1. The lowest BCUT2D eigenvalue weighted by Gasteiger charge is -2.08. The molecule has 0 bridgehead atoms. The maximum Gasteiger partial charge on any atom is 0.301 e. The van der Waals surface area contributed by atoms with Crippen molar-refractivity contribution < 1.29 is 14.6 Å². The summed E-state index contributed by atoms with van der Waals surface area (Å²) in [4.78, 5) is 20.6. The van der Waals surface area contributed by atoms with Crippen LogP contribution < -0.4 is 10.2 Å². The Kier molecular flexibility index (Phi) is 6.78. The average Bonchev–Trinajstić information content (AvgIpc) is 2.77. The van der Waals surface area contributed by atoms with Crippen LogP contribution in [0.2, 0.25) is 5.02 Å². The molecule has 0 aliphatic heterocycles. The largest absolute Gasteiger partial charge is 0.489 e. The zero-order chi connectivity index (χ0) is 22.4. The average molecular weight is 441 g/mol. The van der Waals surface area contributed by atoms with E-state index in [-0.39, 0.29) is 11.4 Å². The topological polar surface area (TPSA) is 120 Å². The zero-order valence-corrected chi connectivity index (χ0v) is 17.1. The standard InChI is InChI=1S/C21H17ClN4O5/c1-14(23-24-20-11-8-18(25(27)28)12-21(20)26(29)30)16-4-9-19(10-5-16)31-13-15-2-6-17(22)7-3-15/h2-12,24H,13H2,1H3. The highest BCUT2D eigenvalue weighted by Crippen LogP contribution is 2.29. The Bertz CT molecular complexity index is 1130. The van der Waals surface area contributed by atoms with Crippen LogP contribution in [0.5, 0.6) is 5.75 Å². The van der Waals surface area contributed by atoms with E-state index in [1.807, 2.05) is 24.3 Å². The summed E-state index contributed by atoms with van der Waals surface area (Å²) in [6, 6.07) is 17.9. The lowest BCUT2D eigenvalue weighted by molar-refractivity contribution is -0.393. The van der Waals surface area contributed by atoms with Crippen molar-refractivity contribution in [3.8, 4) is 5.75 Å². The van der Waals surface area contributed by atoms with Crippen LogP contribution in [0.1, 0.15) is 18.1 Å². The van der Waals surface area contributed by atoms with Gasteiger partial charge in [0.05, 0.1) is 21.6 Å². The molecule has 3 aromatic carbocycles. The molecule has 3 aromatic rings. The summed E-state index contributed by atoms with van der Waals surface area (Å²) >= 11 is 5.87. The molecule has 0 aliphatic rings. The first-order valence-corrected chi connectivity index (χ1v) is 9.42. The third-order valence-electron chi connectivity index (χ3n) is 4.32. The molecule has 0 aromatic heterocycles. The Morgan fingerprint density at radius 3 is 2.29 bits per heavy atom. The SMILES string of the molecule is CC(=NNc1ccc([N+](=O)[O-])cc1[N+](=O)[O-])c1ccc(OCc2ccc(Cl)cc2)cc1. The molecule has 3 rings (SSSR count). The summed E-state index contributed by atoms with van der Waals surface area (Å²) in [5, 5.41) is 26.8. The van der Waals surface area contributed by atoms with Crippen LogP contribution in [0, 0.1) is 20.2 Å². The molecule has 0 saturated heterocycles. The maximum absolute atomic E-state index is 11.2. The van der Waals surface area contributed by atoms with Crippen molar-refractivity contribution in [2.24, 2.45) is 5.10 Å². The number of halogens is 1. The van der Waals surface area contributed by atoms with Crippen molar-refractivity contribution >= 4 is 34.4 Å². The number of ether oxygens (including phenoxy) is 1. The highest BCUT2D eigenvalue weighted by atomic mass is 35.5. The molecule has 1 N–H and O–H groups in total. The smallest absolute Gasteiger partial charge is 0.301 e. The van der Waals surface area contributed by atoms with Gasteiger partial charge >= 0.3 is 5.69 Å². The second-order valence-electron chi connectivity index (χ2n) is 6.46. The molecule has 10 heteroatoms. The molecule has 0 spiro atoms. The van der Waals surface area contributed by atoms with Gasteiger partial charge in [0.1, 0.15) is 18.0 Å². The minimum Gasteiger partial charge on any atom is -0.489 e. The fourth-order valence-corrected chi connectivity index (χ4v) is 2.75. The van der Waals surface area contributed by atoms with E-state index >= 15 is 0 Å². The molecule has 0 atom stereocenters. The Balaban J connectivity index is 1.67. The van der Waals surface area contributed by atoms with E-state index in [0.29, 0.717) is 23.1 Å². The maximum atomic E-state index is 11.2. The number of hydrogen-bond acceptors (Lipinski definition) is 7. The van der Waals surface area contributed by atoms with Crippen molar-refractivity contribution in [3.05, 3.63) is 103 Å². The van der Waals surface area contributed by atoms with E-state index in [4.69, 9.17) is 16.3 Å². The first kappa shape index (κ1) is 21.7. The number of hydrazone groups is 1. The second kappa shape index (κ2) is 9.68. The number of benzene rings is 3. The Hall–Kier alpha value is -3.98. The molecular weight excluding hydrogens is 424 g/mol. The summed E-state index contributed by atoms with van der Waals surface area (Å²) < 4.78 is 5.74. The first-order chi connectivity index (χ1) is 14.8. The van der Waals surface area contributed by atoms with Gasteiger partial charge in [0.2, 0.25) is 0 Å². The molecule has 0 saturated carbocycles. The Morgan fingerprint density at radius 1 is 1.00 bits per heavy atom. The number of non-ortho nitro benzene ring substituents is 1. The van der Waals surface area contributed by atoms with E-state index < -0.39 is 15.5 Å². The van der Waals surface area contributed by atoms with Gasteiger partial charge < -0.3 is 4.74 Å². The lowest BCUT2D eigenvalue weighted by atomic mass is 10.1. The fraction of sp³-hybridized carbons (Fsp3) is 0.0952. The molecule has 0 aliphatic carbocycles. The van der Waals surface area contributed by atoms with Crippen LogP contribution >= 0.6 is 11.6 Å². The predicted octanol–water partition coefficient (Wildman–Crippen LogP) is 5.57. The van der Waals surface area contributed by atoms with Crippen LogP contribution in [-0.2, 0) is 6.61 Å². The molecule has 0 unspecified atom stereocenters. The molecule has 0 fully saturated rings. The van der Waals surface area contributed by atoms with Crippen molar-refractivity contribution in [1.29, 1.82) is 0 Å². The Morgan fingerprint density at radius 2 is 1.68 bits per heavy atom. The van der Waals surface area contributed by atoms with Gasteiger partial charge in [-0.3, -0.25) is 25.7 Å². The molecule has 0 heterocycles. The Labute approximate surface area is 182 Å². The molecule has 158 valence electrons. The number of hydrogen-bond donors (Lipinski definition) is 1. The third kappa shape index (κ3) is 5.77. The lowest BCUT2D eigenvalue weighted by Crippen LogP contribution is -2.02. The number of nitrogens with one attached hydrogen (secondary N) is 1. The van der Waals surface area contributed by atoms with Gasteiger partial charge in [-0.25, -0.2) is 0 Å². The summed E-state index contributed by atoms with van der Waals surface area (Å²) in [7, 11) is 0. The number of nitro benzene ring substituents is 2. The van der Waals surface area contributed by atoms with Gasteiger partial charge in [-0.15, -0.1) is 0 Å². The highest BCUT2D eigenvalue weighted by Gasteiger charge is 2.19. The molecule has 31 heavy (non-hydrogen) atoms. The van der Waals surface area contributed by atoms with E-state index in [0.717, 1.165) is 17.2 Å². The number of nitro groups is 2. The summed E-state index contributed by atoms with van der Waals surface area (Å²) in [6.45, 7) is 2.13. The fourth-order valence-electron chi connectivity index (χ4n) is 2.63. The molecule has 0 amide bonds. The van der Waals surface area contributed by atoms with Crippen LogP contribution in [0.25, 0.3) is 0 Å². The number of rotatable bonds is 8. The second-order valence-corrected chi connectivity index (χ2v) is 6.90. The van der Waals surface area contributed by atoms with Gasteiger partial charge in [0, 0.05) is 11.1 Å². The summed E-state index contributed by atoms with van der Waals surface area (Å²) in [6.07, 6.45) is 0. The highest BCUT2D eigenvalue weighted by molar-refractivity contribution is 6.30. The van der Waals surface area contributed by atoms with E-state index in [1.54, 1.807) is 31.2 Å². The van der Waals surface area contributed by atoms with Crippen molar-refractivity contribution in [1.82, 2.24) is 0 Å². The van der Waals surface area contributed by atoms with Crippen molar-refractivity contribution in [3.63, 3.8) is 0 Å². The predicted molar refractivity (Wildman–Crippen MR) is 118 cm³/mol. The van der Waals surface area contributed by atoms with Crippen molar-refractivity contribution in [2.75, 3.05) is 5.43 Å². The van der Waals surface area contributed by atoms with Crippen molar-refractivity contribution in [2.45, 2.75) is 13.5 Å². The molecular formula is C21H17ClN4O5. The van der Waals surface area contributed by atoms with Crippen LogP contribution in [0.15, 0.2) is 71.8 Å². The van der Waals surface area contributed by atoms with E-state index in [9.17, 15) is 20.2 Å². The number of nitrogens with zero attached hydrogens (tertiary/aromatic N) is 3. The molecule has 0 radical (unpaired) electrons.